The highest BCUT2D eigenvalue weighted by Gasteiger charge is 2.37. The topological polar surface area (TPSA) is 90.0 Å². The molecule has 2 fully saturated rings. The van der Waals surface area contributed by atoms with Crippen LogP contribution < -0.4 is 10.2 Å². The molecule has 0 aliphatic carbocycles. The normalized spacial score (nSPS) is 20.2. The monoisotopic (exact) mass is 484 g/mol. The number of anilines is 2. The molecule has 0 spiro atoms. The Labute approximate surface area is 201 Å². The van der Waals surface area contributed by atoms with Gasteiger partial charge in [-0.1, -0.05) is 18.6 Å². The molecule has 2 aromatic carbocycles. The van der Waals surface area contributed by atoms with Gasteiger partial charge in [0.25, 0.3) is 0 Å². The molecule has 1 atom stereocenters. The molecule has 1 N–H and O–H groups in total. The van der Waals surface area contributed by atoms with Gasteiger partial charge >= 0.3 is 0 Å². The Hall–Kier alpha value is -2.75. The summed E-state index contributed by atoms with van der Waals surface area (Å²) in [6, 6.07) is 12.8. The highest BCUT2D eigenvalue weighted by molar-refractivity contribution is 7.89. The molecule has 9 heteroatoms. The lowest BCUT2D eigenvalue weighted by Crippen LogP contribution is -2.49. The maximum Gasteiger partial charge on any atom is 0.243 e. The molecule has 1 amide bonds. The van der Waals surface area contributed by atoms with Crippen molar-refractivity contribution in [3.63, 3.8) is 0 Å². The molecular weight excluding hydrogens is 452 g/mol. The highest BCUT2D eigenvalue weighted by atomic mass is 32.2. The van der Waals surface area contributed by atoms with E-state index in [0.29, 0.717) is 24.1 Å². The number of carbonyl (C=O) groups is 2. The summed E-state index contributed by atoms with van der Waals surface area (Å²) in [4.78, 5) is 29.4. The van der Waals surface area contributed by atoms with Gasteiger partial charge in [0, 0.05) is 49.7 Å². The van der Waals surface area contributed by atoms with Crippen LogP contribution in [0.4, 0.5) is 11.4 Å². The molecule has 4 rings (SSSR count). The summed E-state index contributed by atoms with van der Waals surface area (Å²) in [5.74, 6) is -0.450. The molecule has 0 saturated carbocycles. The number of benzene rings is 2. The summed E-state index contributed by atoms with van der Waals surface area (Å²) in [5, 5.41) is 2.91. The second kappa shape index (κ2) is 10.2. The first kappa shape index (κ1) is 24.4. The Morgan fingerprint density at radius 2 is 1.53 bits per heavy atom. The standard InChI is InChI=1S/C25H32N4O4S/c1-19(30)20-6-12-23(13-7-20)34(32,33)29-14-4-3-5-24(29)25(31)26-21-8-10-22(11-9-21)28-17-15-27(2)16-18-28/h6-13,24H,3-5,14-18H2,1-2H3,(H,26,31). The van der Waals surface area contributed by atoms with Gasteiger partial charge in [-0.15, -0.1) is 0 Å². The van der Waals surface area contributed by atoms with Gasteiger partial charge in [-0.05, 0) is 63.2 Å². The third-order valence-electron chi connectivity index (χ3n) is 6.63. The lowest BCUT2D eigenvalue weighted by molar-refractivity contribution is -0.120. The number of likely N-dealkylation sites (N-methyl/N-ethyl adjacent to an activating group) is 1. The van der Waals surface area contributed by atoms with Gasteiger partial charge in [-0.25, -0.2) is 8.42 Å². The number of ketones is 1. The van der Waals surface area contributed by atoms with E-state index in [2.05, 4.69) is 22.2 Å². The average Bonchev–Trinajstić information content (AvgIpc) is 2.85. The zero-order chi connectivity index (χ0) is 24.3. The van der Waals surface area contributed by atoms with Crippen molar-refractivity contribution in [3.8, 4) is 0 Å². The van der Waals surface area contributed by atoms with E-state index < -0.39 is 16.1 Å². The third kappa shape index (κ3) is 5.32. The predicted octanol–water partition coefficient (Wildman–Crippen LogP) is 2.82. The number of carbonyl (C=O) groups excluding carboxylic acids is 2. The van der Waals surface area contributed by atoms with Crippen LogP contribution in [0, 0.1) is 0 Å². The van der Waals surface area contributed by atoms with Crippen molar-refractivity contribution in [2.24, 2.45) is 0 Å². The van der Waals surface area contributed by atoms with Crippen LogP contribution in [0.15, 0.2) is 53.4 Å². The summed E-state index contributed by atoms with van der Waals surface area (Å²) in [6.07, 6.45) is 1.96. The number of piperazine rings is 1. The Morgan fingerprint density at radius 3 is 2.15 bits per heavy atom. The minimum Gasteiger partial charge on any atom is -0.369 e. The van der Waals surface area contributed by atoms with Crippen molar-refractivity contribution in [2.45, 2.75) is 37.1 Å². The van der Waals surface area contributed by atoms with Crippen molar-refractivity contribution >= 4 is 33.1 Å². The summed E-state index contributed by atoms with van der Waals surface area (Å²) < 4.78 is 28.0. The number of sulfonamides is 1. The maximum atomic E-state index is 13.3. The van der Waals surface area contributed by atoms with Crippen LogP contribution in [0.2, 0.25) is 0 Å². The van der Waals surface area contributed by atoms with Gasteiger partial charge in [-0.2, -0.15) is 4.31 Å². The smallest absolute Gasteiger partial charge is 0.243 e. The van der Waals surface area contributed by atoms with Gasteiger partial charge in [0.15, 0.2) is 5.78 Å². The molecular formula is C25H32N4O4S. The SMILES string of the molecule is CC(=O)c1ccc(S(=O)(=O)N2CCCCC2C(=O)Nc2ccc(N3CCN(C)CC3)cc2)cc1. The predicted molar refractivity (Wildman–Crippen MR) is 133 cm³/mol. The molecule has 34 heavy (non-hydrogen) atoms. The van der Waals surface area contributed by atoms with E-state index in [-0.39, 0.29) is 23.1 Å². The van der Waals surface area contributed by atoms with Crippen molar-refractivity contribution in [1.29, 1.82) is 0 Å². The second-order valence-corrected chi connectivity index (χ2v) is 10.9. The van der Waals surface area contributed by atoms with Crippen molar-refractivity contribution in [3.05, 3.63) is 54.1 Å². The largest absolute Gasteiger partial charge is 0.369 e. The number of nitrogens with zero attached hydrogens (tertiary/aromatic N) is 3. The van der Waals surface area contributed by atoms with Crippen molar-refractivity contribution in [1.82, 2.24) is 9.21 Å². The number of Topliss-reactive ketones (excluding diaryl/α,β-unsaturated/α-hetero) is 1. The maximum absolute atomic E-state index is 13.3. The average molecular weight is 485 g/mol. The van der Waals surface area contributed by atoms with Crippen LogP contribution >= 0.6 is 0 Å². The first-order chi connectivity index (χ1) is 16.3. The van der Waals surface area contributed by atoms with Crippen molar-refractivity contribution in [2.75, 3.05) is 50.0 Å². The molecule has 1 unspecified atom stereocenters. The molecule has 0 radical (unpaired) electrons. The third-order valence-corrected chi connectivity index (χ3v) is 8.55. The molecule has 2 aliphatic heterocycles. The minimum absolute atomic E-state index is 0.0914. The van der Waals surface area contributed by atoms with E-state index in [1.165, 1.54) is 35.5 Å². The highest BCUT2D eigenvalue weighted by Crippen LogP contribution is 2.27. The quantitative estimate of drug-likeness (QED) is 0.634. The molecule has 2 saturated heterocycles. The van der Waals surface area contributed by atoms with Crippen molar-refractivity contribution < 1.29 is 18.0 Å². The van der Waals surface area contributed by atoms with Crippen LogP contribution in [0.1, 0.15) is 36.5 Å². The van der Waals surface area contributed by atoms with E-state index in [9.17, 15) is 18.0 Å². The van der Waals surface area contributed by atoms with Crippen LogP contribution in [0.3, 0.4) is 0 Å². The summed E-state index contributed by atoms with van der Waals surface area (Å²) in [6.45, 7) is 5.68. The number of hydrogen-bond donors (Lipinski definition) is 1. The number of piperidine rings is 1. The number of amides is 1. The first-order valence-corrected chi connectivity index (χ1v) is 13.2. The van der Waals surface area contributed by atoms with E-state index in [1.54, 1.807) is 0 Å². The van der Waals surface area contributed by atoms with E-state index in [0.717, 1.165) is 38.3 Å². The van der Waals surface area contributed by atoms with Crippen LogP contribution in [-0.2, 0) is 14.8 Å². The molecule has 2 aromatic rings. The Morgan fingerprint density at radius 1 is 0.882 bits per heavy atom. The van der Waals surface area contributed by atoms with Gasteiger partial charge in [0.1, 0.15) is 6.04 Å². The molecule has 2 heterocycles. The van der Waals surface area contributed by atoms with Gasteiger partial charge in [-0.3, -0.25) is 9.59 Å². The zero-order valence-corrected chi connectivity index (χ0v) is 20.6. The Bertz CT molecular complexity index is 1120. The first-order valence-electron chi connectivity index (χ1n) is 11.7. The lowest BCUT2D eigenvalue weighted by Gasteiger charge is -2.34. The van der Waals surface area contributed by atoms with Crippen LogP contribution in [-0.4, -0.2) is 75.1 Å². The van der Waals surface area contributed by atoms with Gasteiger partial charge < -0.3 is 15.1 Å². The van der Waals surface area contributed by atoms with Crippen LogP contribution in [0.5, 0.6) is 0 Å². The second-order valence-electron chi connectivity index (χ2n) is 9.03. The lowest BCUT2D eigenvalue weighted by atomic mass is 10.0. The van der Waals surface area contributed by atoms with E-state index >= 15 is 0 Å². The molecule has 8 nitrogen and oxygen atoms in total. The van der Waals surface area contributed by atoms with Crippen LogP contribution in [0.25, 0.3) is 0 Å². The molecule has 2 aliphatic rings. The summed E-state index contributed by atoms with van der Waals surface area (Å²) >= 11 is 0. The zero-order valence-electron chi connectivity index (χ0n) is 19.7. The molecule has 0 bridgehead atoms. The molecule has 0 aromatic heterocycles. The number of nitrogens with one attached hydrogen (secondary N) is 1. The summed E-state index contributed by atoms with van der Waals surface area (Å²) in [5.41, 5.74) is 2.21. The summed E-state index contributed by atoms with van der Waals surface area (Å²) in [7, 11) is -1.75. The number of rotatable bonds is 6. The van der Waals surface area contributed by atoms with Gasteiger partial charge in [0.05, 0.1) is 4.90 Å². The molecule has 182 valence electrons. The fraction of sp³-hybridized carbons (Fsp3) is 0.440. The Kier molecular flexibility index (Phi) is 7.35. The van der Waals surface area contributed by atoms with E-state index in [4.69, 9.17) is 0 Å². The Balaban J connectivity index is 1.46. The van der Waals surface area contributed by atoms with E-state index in [1.807, 2.05) is 24.3 Å². The minimum atomic E-state index is -3.87. The fourth-order valence-electron chi connectivity index (χ4n) is 4.50. The number of hydrogen-bond acceptors (Lipinski definition) is 6. The fourth-order valence-corrected chi connectivity index (χ4v) is 6.15. The van der Waals surface area contributed by atoms with Gasteiger partial charge in [0.2, 0.25) is 15.9 Å².